The molecule has 82 valence electrons. The predicted molar refractivity (Wildman–Crippen MR) is 64.0 cm³/mol. The molecule has 2 heteroatoms. The summed E-state index contributed by atoms with van der Waals surface area (Å²) in [5.41, 5.74) is 2.31. The molecule has 0 aliphatic heterocycles. The fourth-order valence-corrected chi connectivity index (χ4v) is 2.38. The Balaban J connectivity index is 2.01. The van der Waals surface area contributed by atoms with Gasteiger partial charge in [0.25, 0.3) is 0 Å². The van der Waals surface area contributed by atoms with E-state index in [1.165, 1.54) is 31.4 Å². The fraction of sp³-hybridized carbons (Fsp3) is 0.615. The van der Waals surface area contributed by atoms with Gasteiger partial charge in [0.05, 0.1) is 0 Å². The van der Waals surface area contributed by atoms with Crippen molar-refractivity contribution in [3.63, 3.8) is 0 Å². The smallest absolute Gasteiger partial charge is 0.0393 e. The highest BCUT2D eigenvalue weighted by Crippen LogP contribution is 2.26. The maximum absolute atomic E-state index is 4.21. The first kappa shape index (κ1) is 10.5. The van der Waals surface area contributed by atoms with Gasteiger partial charge in [-0.05, 0) is 37.8 Å². The van der Waals surface area contributed by atoms with Crippen molar-refractivity contribution in [1.29, 1.82) is 0 Å². The molecule has 0 amide bonds. The van der Waals surface area contributed by atoms with Gasteiger partial charge in [-0.2, -0.15) is 0 Å². The number of rotatable bonds is 2. The highest BCUT2D eigenvalue weighted by molar-refractivity contribution is 5.44. The van der Waals surface area contributed by atoms with Crippen LogP contribution in [-0.2, 0) is 0 Å². The number of anilines is 1. The third kappa shape index (κ3) is 2.71. The quantitative estimate of drug-likeness (QED) is 0.798. The van der Waals surface area contributed by atoms with Crippen molar-refractivity contribution in [2.75, 3.05) is 5.32 Å². The molecule has 1 aromatic heterocycles. The van der Waals surface area contributed by atoms with Gasteiger partial charge in [0.2, 0.25) is 0 Å². The Labute approximate surface area is 92.1 Å². The Kier molecular flexibility index (Phi) is 3.24. The molecule has 0 radical (unpaired) electrons. The molecule has 1 aromatic rings. The standard InChI is InChI=1S/C13H20N2/c1-10-5-3-4-6-13(10)15-12-7-8-14-11(2)9-12/h7-10,13H,3-6H2,1-2H3,(H,14,15). The Hall–Kier alpha value is -1.05. The van der Waals surface area contributed by atoms with E-state index < -0.39 is 0 Å². The van der Waals surface area contributed by atoms with Crippen molar-refractivity contribution >= 4 is 5.69 Å². The lowest BCUT2D eigenvalue weighted by Crippen LogP contribution is -2.30. The minimum absolute atomic E-state index is 0.653. The lowest BCUT2D eigenvalue weighted by molar-refractivity contribution is 0.349. The normalized spacial score (nSPS) is 26.3. The Morgan fingerprint density at radius 3 is 2.87 bits per heavy atom. The van der Waals surface area contributed by atoms with Crippen LogP contribution in [0.25, 0.3) is 0 Å². The Morgan fingerprint density at radius 2 is 2.13 bits per heavy atom. The lowest BCUT2D eigenvalue weighted by Gasteiger charge is -2.30. The molecule has 1 N–H and O–H groups in total. The summed E-state index contributed by atoms with van der Waals surface area (Å²) in [6.45, 7) is 4.39. The van der Waals surface area contributed by atoms with Crippen molar-refractivity contribution in [3.8, 4) is 0 Å². The molecule has 2 nitrogen and oxygen atoms in total. The third-order valence-corrected chi connectivity index (χ3v) is 3.36. The molecule has 1 saturated carbocycles. The number of hydrogen-bond acceptors (Lipinski definition) is 2. The lowest BCUT2D eigenvalue weighted by atomic mass is 9.86. The molecule has 1 aliphatic rings. The van der Waals surface area contributed by atoms with E-state index in [4.69, 9.17) is 0 Å². The molecule has 2 atom stereocenters. The van der Waals surface area contributed by atoms with Gasteiger partial charge < -0.3 is 5.32 Å². The van der Waals surface area contributed by atoms with Gasteiger partial charge in [-0.1, -0.05) is 19.8 Å². The van der Waals surface area contributed by atoms with Crippen LogP contribution in [0.3, 0.4) is 0 Å². The zero-order valence-corrected chi connectivity index (χ0v) is 9.66. The molecule has 0 aromatic carbocycles. The second-order valence-electron chi connectivity index (χ2n) is 4.70. The summed E-state index contributed by atoms with van der Waals surface area (Å²) < 4.78 is 0. The monoisotopic (exact) mass is 204 g/mol. The second-order valence-corrected chi connectivity index (χ2v) is 4.70. The van der Waals surface area contributed by atoms with Gasteiger partial charge in [0.1, 0.15) is 0 Å². The van der Waals surface area contributed by atoms with Gasteiger partial charge in [-0.3, -0.25) is 4.98 Å². The van der Waals surface area contributed by atoms with E-state index in [0.717, 1.165) is 11.6 Å². The van der Waals surface area contributed by atoms with Crippen LogP contribution in [0.4, 0.5) is 5.69 Å². The summed E-state index contributed by atoms with van der Waals surface area (Å²) in [6, 6.07) is 4.84. The summed E-state index contributed by atoms with van der Waals surface area (Å²) in [7, 11) is 0. The highest BCUT2D eigenvalue weighted by atomic mass is 14.9. The molecule has 0 saturated heterocycles. The maximum Gasteiger partial charge on any atom is 0.0393 e. The van der Waals surface area contributed by atoms with Crippen molar-refractivity contribution in [3.05, 3.63) is 24.0 Å². The zero-order chi connectivity index (χ0) is 10.7. The number of aromatic nitrogens is 1. The molecule has 15 heavy (non-hydrogen) atoms. The Morgan fingerprint density at radius 1 is 1.33 bits per heavy atom. The highest BCUT2D eigenvalue weighted by Gasteiger charge is 2.20. The Bertz CT molecular complexity index is 322. The SMILES string of the molecule is Cc1cc(NC2CCCCC2C)ccn1. The van der Waals surface area contributed by atoms with Gasteiger partial charge in [0, 0.05) is 23.6 Å². The number of nitrogens with one attached hydrogen (secondary N) is 1. The van der Waals surface area contributed by atoms with Gasteiger partial charge in [0.15, 0.2) is 0 Å². The van der Waals surface area contributed by atoms with Crippen LogP contribution in [0.1, 0.15) is 38.3 Å². The molecule has 0 bridgehead atoms. The van der Waals surface area contributed by atoms with Crippen LogP contribution in [0.5, 0.6) is 0 Å². The van der Waals surface area contributed by atoms with Crippen LogP contribution in [-0.4, -0.2) is 11.0 Å². The van der Waals surface area contributed by atoms with Crippen LogP contribution in [0, 0.1) is 12.8 Å². The average molecular weight is 204 g/mol. The van der Waals surface area contributed by atoms with Crippen molar-refractivity contribution in [1.82, 2.24) is 4.98 Å². The topological polar surface area (TPSA) is 24.9 Å². The van der Waals surface area contributed by atoms with Crippen LogP contribution in [0.15, 0.2) is 18.3 Å². The number of nitrogens with zero attached hydrogens (tertiary/aromatic N) is 1. The summed E-state index contributed by atoms with van der Waals surface area (Å²) in [5, 5.41) is 3.63. The van der Waals surface area contributed by atoms with E-state index in [9.17, 15) is 0 Å². The van der Waals surface area contributed by atoms with E-state index in [-0.39, 0.29) is 0 Å². The number of aryl methyl sites for hydroxylation is 1. The molecular formula is C13H20N2. The maximum atomic E-state index is 4.21. The minimum atomic E-state index is 0.653. The third-order valence-electron chi connectivity index (χ3n) is 3.36. The van der Waals surface area contributed by atoms with E-state index >= 15 is 0 Å². The van der Waals surface area contributed by atoms with E-state index in [1.54, 1.807) is 0 Å². The second kappa shape index (κ2) is 4.65. The minimum Gasteiger partial charge on any atom is -0.382 e. The van der Waals surface area contributed by atoms with Crippen molar-refractivity contribution < 1.29 is 0 Å². The molecule has 1 fully saturated rings. The molecule has 1 aliphatic carbocycles. The first-order valence-corrected chi connectivity index (χ1v) is 5.95. The zero-order valence-electron chi connectivity index (χ0n) is 9.66. The summed E-state index contributed by atoms with van der Waals surface area (Å²) in [4.78, 5) is 4.21. The van der Waals surface area contributed by atoms with Crippen molar-refractivity contribution in [2.45, 2.75) is 45.6 Å². The van der Waals surface area contributed by atoms with Crippen LogP contribution in [0.2, 0.25) is 0 Å². The molecule has 0 spiro atoms. The number of hydrogen-bond donors (Lipinski definition) is 1. The van der Waals surface area contributed by atoms with Crippen LogP contribution < -0.4 is 5.32 Å². The number of pyridine rings is 1. The van der Waals surface area contributed by atoms with Gasteiger partial charge >= 0.3 is 0 Å². The molecule has 2 rings (SSSR count). The molecule has 1 heterocycles. The van der Waals surface area contributed by atoms with E-state index in [2.05, 4.69) is 29.4 Å². The first-order chi connectivity index (χ1) is 7.25. The van der Waals surface area contributed by atoms with Crippen LogP contribution >= 0.6 is 0 Å². The van der Waals surface area contributed by atoms with Gasteiger partial charge in [-0.15, -0.1) is 0 Å². The largest absolute Gasteiger partial charge is 0.382 e. The molecule has 2 unspecified atom stereocenters. The van der Waals surface area contributed by atoms with Gasteiger partial charge in [-0.25, -0.2) is 0 Å². The predicted octanol–water partition coefficient (Wildman–Crippen LogP) is 3.38. The van der Waals surface area contributed by atoms with Crippen molar-refractivity contribution in [2.24, 2.45) is 5.92 Å². The molecular weight excluding hydrogens is 184 g/mol. The summed E-state index contributed by atoms with van der Waals surface area (Å²) in [5.74, 6) is 0.798. The van der Waals surface area contributed by atoms with E-state index in [1.807, 2.05) is 13.1 Å². The summed E-state index contributed by atoms with van der Waals surface area (Å²) in [6.07, 6.45) is 7.32. The van der Waals surface area contributed by atoms with E-state index in [0.29, 0.717) is 6.04 Å². The average Bonchev–Trinajstić information content (AvgIpc) is 2.22. The summed E-state index contributed by atoms with van der Waals surface area (Å²) >= 11 is 0. The first-order valence-electron chi connectivity index (χ1n) is 5.95. The fourth-order valence-electron chi connectivity index (χ4n) is 2.38.